The quantitative estimate of drug-likeness (QED) is 0.405. The molecule has 1 fully saturated rings. The summed E-state index contributed by atoms with van der Waals surface area (Å²) in [6.45, 7) is 7.86. The lowest BCUT2D eigenvalue weighted by atomic mass is 9.78. The predicted octanol–water partition coefficient (Wildman–Crippen LogP) is 3.46. The fourth-order valence-electron chi connectivity index (χ4n) is 2.34. The highest BCUT2D eigenvalue weighted by Gasteiger charge is 2.35. The Labute approximate surface area is 92.7 Å². The van der Waals surface area contributed by atoms with E-state index in [1.165, 1.54) is 31.8 Å². The molecule has 2 atom stereocenters. The lowest BCUT2D eigenvalue weighted by Crippen LogP contribution is -2.34. The maximum Gasteiger partial charge on any atom is 0.330 e. The molecule has 0 bridgehead atoms. The van der Waals surface area contributed by atoms with Crippen LogP contribution < -0.4 is 0 Å². The summed E-state index contributed by atoms with van der Waals surface area (Å²) < 4.78 is 5.47. The molecule has 0 aliphatic heterocycles. The van der Waals surface area contributed by atoms with E-state index in [9.17, 15) is 4.79 Å². The SMILES string of the molecule is C=CC(=O)OC1CCCCCC1(C)CC. The molecule has 0 spiro atoms. The third-order valence-corrected chi connectivity index (χ3v) is 3.72. The summed E-state index contributed by atoms with van der Waals surface area (Å²) in [4.78, 5) is 11.3. The minimum atomic E-state index is -0.276. The van der Waals surface area contributed by atoms with Gasteiger partial charge in [-0.25, -0.2) is 4.79 Å². The first kappa shape index (κ1) is 12.3. The Balaban J connectivity index is 2.70. The summed E-state index contributed by atoms with van der Waals surface area (Å²) in [5, 5.41) is 0. The van der Waals surface area contributed by atoms with Crippen molar-refractivity contribution in [3.8, 4) is 0 Å². The zero-order chi connectivity index (χ0) is 11.3. The normalized spacial score (nSPS) is 31.7. The molecule has 1 aliphatic rings. The van der Waals surface area contributed by atoms with Gasteiger partial charge in [0.25, 0.3) is 0 Å². The van der Waals surface area contributed by atoms with Gasteiger partial charge in [0.2, 0.25) is 0 Å². The van der Waals surface area contributed by atoms with Crippen molar-refractivity contribution in [3.63, 3.8) is 0 Å². The largest absolute Gasteiger partial charge is 0.459 e. The van der Waals surface area contributed by atoms with Gasteiger partial charge in [-0.05, 0) is 25.7 Å². The monoisotopic (exact) mass is 210 g/mol. The minimum absolute atomic E-state index is 0.0792. The topological polar surface area (TPSA) is 26.3 Å². The van der Waals surface area contributed by atoms with Gasteiger partial charge in [0.05, 0.1) is 0 Å². The standard InChI is InChI=1S/C13H22O2/c1-4-12(14)15-11-9-7-6-8-10-13(11,3)5-2/h4,11H,1,5-10H2,2-3H3. The van der Waals surface area contributed by atoms with Crippen molar-refractivity contribution in [2.24, 2.45) is 5.41 Å². The van der Waals surface area contributed by atoms with Gasteiger partial charge in [-0.1, -0.05) is 33.3 Å². The third kappa shape index (κ3) is 3.08. The first-order valence-electron chi connectivity index (χ1n) is 5.95. The lowest BCUT2D eigenvalue weighted by Gasteiger charge is -2.34. The third-order valence-electron chi connectivity index (χ3n) is 3.72. The Morgan fingerprint density at radius 3 is 2.87 bits per heavy atom. The van der Waals surface area contributed by atoms with Crippen molar-refractivity contribution in [2.45, 2.75) is 58.5 Å². The fraction of sp³-hybridized carbons (Fsp3) is 0.769. The zero-order valence-electron chi connectivity index (χ0n) is 9.92. The van der Waals surface area contributed by atoms with Gasteiger partial charge in [-0.2, -0.15) is 0 Å². The maximum absolute atomic E-state index is 11.3. The number of ether oxygens (including phenoxy) is 1. The van der Waals surface area contributed by atoms with Gasteiger partial charge in [0.1, 0.15) is 6.10 Å². The molecule has 1 saturated carbocycles. The molecule has 0 aromatic heterocycles. The molecule has 2 heteroatoms. The zero-order valence-corrected chi connectivity index (χ0v) is 9.92. The molecular weight excluding hydrogens is 188 g/mol. The van der Waals surface area contributed by atoms with Crippen LogP contribution in [0.1, 0.15) is 52.4 Å². The van der Waals surface area contributed by atoms with Gasteiger partial charge >= 0.3 is 5.97 Å². The van der Waals surface area contributed by atoms with E-state index in [0.717, 1.165) is 12.8 Å². The molecule has 1 aliphatic carbocycles. The molecule has 0 aromatic rings. The second-order valence-electron chi connectivity index (χ2n) is 4.74. The molecule has 0 heterocycles. The first-order valence-corrected chi connectivity index (χ1v) is 5.95. The maximum atomic E-state index is 11.3. The summed E-state index contributed by atoms with van der Waals surface area (Å²) in [6, 6.07) is 0. The number of hydrogen-bond donors (Lipinski definition) is 0. The molecule has 0 radical (unpaired) electrons. The van der Waals surface area contributed by atoms with Crippen molar-refractivity contribution in [3.05, 3.63) is 12.7 Å². The van der Waals surface area contributed by atoms with E-state index in [4.69, 9.17) is 4.74 Å². The second kappa shape index (κ2) is 5.34. The van der Waals surface area contributed by atoms with E-state index < -0.39 is 0 Å². The van der Waals surface area contributed by atoms with E-state index in [-0.39, 0.29) is 17.5 Å². The van der Waals surface area contributed by atoms with E-state index in [0.29, 0.717) is 0 Å². The van der Waals surface area contributed by atoms with Gasteiger partial charge in [-0.3, -0.25) is 0 Å². The molecule has 0 N–H and O–H groups in total. The highest BCUT2D eigenvalue weighted by Crippen LogP contribution is 2.39. The number of hydrogen-bond acceptors (Lipinski definition) is 2. The average Bonchev–Trinajstić information content (AvgIpc) is 2.42. The van der Waals surface area contributed by atoms with Gasteiger partial charge in [0.15, 0.2) is 0 Å². The van der Waals surface area contributed by atoms with Gasteiger partial charge < -0.3 is 4.74 Å². The molecule has 0 aromatic carbocycles. The number of rotatable bonds is 3. The Morgan fingerprint density at radius 1 is 1.53 bits per heavy atom. The van der Waals surface area contributed by atoms with E-state index in [2.05, 4.69) is 20.4 Å². The van der Waals surface area contributed by atoms with E-state index >= 15 is 0 Å². The van der Waals surface area contributed by atoms with E-state index in [1.807, 2.05) is 0 Å². The van der Waals surface area contributed by atoms with Crippen LogP contribution >= 0.6 is 0 Å². The van der Waals surface area contributed by atoms with Gasteiger partial charge in [-0.15, -0.1) is 0 Å². The van der Waals surface area contributed by atoms with Crippen LogP contribution in [0.4, 0.5) is 0 Å². The lowest BCUT2D eigenvalue weighted by molar-refractivity contribution is -0.150. The van der Waals surface area contributed by atoms with Crippen molar-refractivity contribution < 1.29 is 9.53 Å². The van der Waals surface area contributed by atoms with Crippen molar-refractivity contribution >= 4 is 5.97 Å². The molecule has 2 nitrogen and oxygen atoms in total. The van der Waals surface area contributed by atoms with Crippen molar-refractivity contribution in [1.29, 1.82) is 0 Å². The predicted molar refractivity (Wildman–Crippen MR) is 61.6 cm³/mol. The van der Waals surface area contributed by atoms with Crippen LogP contribution in [0.15, 0.2) is 12.7 Å². The summed E-state index contributed by atoms with van der Waals surface area (Å²) in [6.07, 6.45) is 8.27. The van der Waals surface area contributed by atoms with Crippen LogP contribution in [0.3, 0.4) is 0 Å². The highest BCUT2D eigenvalue weighted by molar-refractivity contribution is 5.81. The molecule has 0 saturated heterocycles. The Hall–Kier alpha value is -0.790. The summed E-state index contributed by atoms with van der Waals surface area (Å²) >= 11 is 0. The second-order valence-corrected chi connectivity index (χ2v) is 4.74. The van der Waals surface area contributed by atoms with Crippen LogP contribution in [0.5, 0.6) is 0 Å². The molecule has 2 unspecified atom stereocenters. The minimum Gasteiger partial charge on any atom is -0.459 e. The Kier molecular flexibility index (Phi) is 4.37. The van der Waals surface area contributed by atoms with E-state index in [1.54, 1.807) is 0 Å². The van der Waals surface area contributed by atoms with Crippen LogP contribution in [0.2, 0.25) is 0 Å². The number of carbonyl (C=O) groups is 1. The van der Waals surface area contributed by atoms with Crippen molar-refractivity contribution in [2.75, 3.05) is 0 Å². The molecule has 86 valence electrons. The van der Waals surface area contributed by atoms with Crippen LogP contribution in [0.25, 0.3) is 0 Å². The Bertz CT molecular complexity index is 235. The van der Waals surface area contributed by atoms with Crippen LogP contribution in [-0.4, -0.2) is 12.1 Å². The van der Waals surface area contributed by atoms with Gasteiger partial charge in [0, 0.05) is 11.5 Å². The summed E-state index contributed by atoms with van der Waals surface area (Å²) in [5.74, 6) is -0.276. The molecule has 1 rings (SSSR count). The number of esters is 1. The molecular formula is C13H22O2. The van der Waals surface area contributed by atoms with Crippen LogP contribution in [-0.2, 0) is 9.53 Å². The average molecular weight is 210 g/mol. The summed E-state index contributed by atoms with van der Waals surface area (Å²) in [7, 11) is 0. The smallest absolute Gasteiger partial charge is 0.330 e. The first-order chi connectivity index (χ1) is 7.12. The molecule has 15 heavy (non-hydrogen) atoms. The Morgan fingerprint density at radius 2 is 2.27 bits per heavy atom. The summed E-state index contributed by atoms with van der Waals surface area (Å²) in [5.41, 5.74) is 0.162. The van der Waals surface area contributed by atoms with Crippen LogP contribution in [0, 0.1) is 5.41 Å². The number of carbonyl (C=O) groups excluding carboxylic acids is 1. The molecule has 0 amide bonds. The van der Waals surface area contributed by atoms with Crippen molar-refractivity contribution in [1.82, 2.24) is 0 Å². The highest BCUT2D eigenvalue weighted by atomic mass is 16.5. The fourth-order valence-corrected chi connectivity index (χ4v) is 2.34.